The molecule has 0 aliphatic heterocycles. The number of aromatic nitrogens is 2. The van der Waals surface area contributed by atoms with Crippen molar-refractivity contribution < 1.29 is 0 Å². The smallest absolute Gasteiger partial charge is 0.222 e. The molecule has 1 aromatic heterocycles. The van der Waals surface area contributed by atoms with Gasteiger partial charge in [0.2, 0.25) is 5.95 Å². The maximum Gasteiger partial charge on any atom is 0.222 e. The first-order valence-electron chi connectivity index (χ1n) is 5.37. The monoisotopic (exact) mass is 208 g/mol. The average molecular weight is 208 g/mol. The first-order valence-corrected chi connectivity index (χ1v) is 5.37. The van der Waals surface area contributed by atoms with Crippen LogP contribution in [0.5, 0.6) is 0 Å². The lowest BCUT2D eigenvalue weighted by Gasteiger charge is -2.09. The minimum absolute atomic E-state index is 0.736. The van der Waals surface area contributed by atoms with Crippen molar-refractivity contribution in [3.05, 3.63) is 18.0 Å². The Morgan fingerprint density at radius 3 is 2.80 bits per heavy atom. The topological polar surface area (TPSA) is 41.1 Å². The lowest BCUT2D eigenvalue weighted by Crippen LogP contribution is -2.14. The molecule has 15 heavy (non-hydrogen) atoms. The van der Waals surface area contributed by atoms with Crippen molar-refractivity contribution in [1.82, 2.24) is 14.9 Å². The van der Waals surface area contributed by atoms with E-state index in [9.17, 15) is 0 Å². The van der Waals surface area contributed by atoms with Crippen molar-refractivity contribution in [2.45, 2.75) is 19.8 Å². The molecule has 0 radical (unpaired) electrons. The summed E-state index contributed by atoms with van der Waals surface area (Å²) in [5.41, 5.74) is 1.00. The van der Waals surface area contributed by atoms with Gasteiger partial charge in [0.1, 0.15) is 0 Å². The molecule has 0 spiro atoms. The average Bonchev–Trinajstić information content (AvgIpc) is 2.17. The Kier molecular flexibility index (Phi) is 5.04. The number of hydrogen-bond acceptors (Lipinski definition) is 4. The first-order chi connectivity index (χ1) is 7.18. The highest BCUT2D eigenvalue weighted by molar-refractivity contribution is 5.24. The molecule has 84 valence electrons. The van der Waals surface area contributed by atoms with Crippen molar-refractivity contribution in [1.29, 1.82) is 0 Å². The van der Waals surface area contributed by atoms with E-state index in [1.165, 1.54) is 6.42 Å². The number of hydrogen-bond donors (Lipinski definition) is 1. The molecule has 0 atom stereocenters. The molecule has 1 aromatic rings. The number of nitrogens with one attached hydrogen (secondary N) is 1. The van der Waals surface area contributed by atoms with E-state index in [1.54, 1.807) is 6.20 Å². The van der Waals surface area contributed by atoms with E-state index in [2.05, 4.69) is 34.3 Å². The molecular weight excluding hydrogens is 188 g/mol. The Morgan fingerprint density at radius 1 is 1.33 bits per heavy atom. The Bertz CT molecular complexity index is 286. The van der Waals surface area contributed by atoms with Crippen LogP contribution in [0.1, 0.15) is 18.5 Å². The number of aryl methyl sites for hydroxylation is 1. The van der Waals surface area contributed by atoms with Gasteiger partial charge < -0.3 is 10.2 Å². The fourth-order valence-electron chi connectivity index (χ4n) is 1.29. The third-order valence-corrected chi connectivity index (χ3v) is 2.11. The summed E-state index contributed by atoms with van der Waals surface area (Å²) in [6.07, 6.45) is 4.13. The summed E-state index contributed by atoms with van der Waals surface area (Å²) < 4.78 is 0. The SMILES string of the molecule is Cc1ccnc(NCCCCN(C)C)n1. The summed E-state index contributed by atoms with van der Waals surface area (Å²) in [5, 5.41) is 3.22. The molecule has 1 heterocycles. The predicted molar refractivity (Wildman–Crippen MR) is 63.0 cm³/mol. The Balaban J connectivity index is 2.15. The summed E-state index contributed by atoms with van der Waals surface area (Å²) in [7, 11) is 4.19. The van der Waals surface area contributed by atoms with E-state index >= 15 is 0 Å². The Hall–Kier alpha value is -1.16. The highest BCUT2D eigenvalue weighted by atomic mass is 15.1. The number of anilines is 1. The molecule has 0 bridgehead atoms. The number of nitrogens with zero attached hydrogens (tertiary/aromatic N) is 3. The fourth-order valence-corrected chi connectivity index (χ4v) is 1.29. The normalized spacial score (nSPS) is 10.7. The van der Waals surface area contributed by atoms with Gasteiger partial charge in [-0.3, -0.25) is 0 Å². The van der Waals surface area contributed by atoms with Crippen molar-refractivity contribution in [3.8, 4) is 0 Å². The third kappa shape index (κ3) is 5.32. The molecule has 0 fully saturated rings. The van der Waals surface area contributed by atoms with Crippen molar-refractivity contribution in [2.75, 3.05) is 32.5 Å². The molecule has 0 saturated carbocycles. The fraction of sp³-hybridized carbons (Fsp3) is 0.636. The van der Waals surface area contributed by atoms with Crippen molar-refractivity contribution in [2.24, 2.45) is 0 Å². The lowest BCUT2D eigenvalue weighted by atomic mass is 10.3. The Morgan fingerprint density at radius 2 is 2.13 bits per heavy atom. The van der Waals surface area contributed by atoms with Crippen molar-refractivity contribution >= 4 is 5.95 Å². The molecule has 0 amide bonds. The summed E-state index contributed by atoms with van der Waals surface area (Å²) >= 11 is 0. The van der Waals surface area contributed by atoms with E-state index in [0.29, 0.717) is 0 Å². The molecule has 4 heteroatoms. The summed E-state index contributed by atoms with van der Waals surface area (Å²) in [6, 6.07) is 1.90. The van der Waals surface area contributed by atoms with Crippen LogP contribution >= 0.6 is 0 Å². The first kappa shape index (κ1) is 11.9. The molecule has 1 rings (SSSR count). The van der Waals surface area contributed by atoms with E-state index in [-0.39, 0.29) is 0 Å². The quantitative estimate of drug-likeness (QED) is 0.720. The highest BCUT2D eigenvalue weighted by Gasteiger charge is 1.95. The van der Waals surface area contributed by atoms with Gasteiger partial charge in [0, 0.05) is 18.4 Å². The van der Waals surface area contributed by atoms with E-state index in [4.69, 9.17) is 0 Å². The second kappa shape index (κ2) is 6.35. The summed E-state index contributed by atoms with van der Waals surface area (Å²) in [4.78, 5) is 10.6. The van der Waals surface area contributed by atoms with Crippen LogP contribution in [-0.4, -0.2) is 42.1 Å². The van der Waals surface area contributed by atoms with E-state index in [1.807, 2.05) is 13.0 Å². The zero-order chi connectivity index (χ0) is 11.1. The number of unbranched alkanes of at least 4 members (excludes halogenated alkanes) is 1. The molecule has 0 aliphatic rings. The second-order valence-corrected chi connectivity index (χ2v) is 3.96. The van der Waals surface area contributed by atoms with Gasteiger partial charge in [-0.15, -0.1) is 0 Å². The van der Waals surface area contributed by atoms with Gasteiger partial charge in [0.05, 0.1) is 0 Å². The zero-order valence-electron chi connectivity index (χ0n) is 9.82. The number of rotatable bonds is 6. The van der Waals surface area contributed by atoms with Gasteiger partial charge in [0.15, 0.2) is 0 Å². The maximum atomic E-state index is 4.27. The lowest BCUT2D eigenvalue weighted by molar-refractivity contribution is 0.396. The van der Waals surface area contributed by atoms with Gasteiger partial charge in [-0.2, -0.15) is 0 Å². The van der Waals surface area contributed by atoms with Crippen molar-refractivity contribution in [3.63, 3.8) is 0 Å². The Labute approximate surface area is 91.7 Å². The largest absolute Gasteiger partial charge is 0.354 e. The molecule has 0 saturated heterocycles. The van der Waals surface area contributed by atoms with Crippen LogP contribution in [0, 0.1) is 6.92 Å². The van der Waals surface area contributed by atoms with E-state index < -0.39 is 0 Å². The summed E-state index contributed by atoms with van der Waals surface area (Å²) in [5.74, 6) is 0.736. The minimum atomic E-state index is 0.736. The van der Waals surface area contributed by atoms with Gasteiger partial charge in [-0.25, -0.2) is 9.97 Å². The second-order valence-electron chi connectivity index (χ2n) is 3.96. The maximum absolute atomic E-state index is 4.27. The molecule has 0 aromatic carbocycles. The molecule has 1 N–H and O–H groups in total. The zero-order valence-corrected chi connectivity index (χ0v) is 9.82. The van der Waals surface area contributed by atoms with Crippen LogP contribution in [-0.2, 0) is 0 Å². The van der Waals surface area contributed by atoms with Crippen LogP contribution in [0.25, 0.3) is 0 Å². The van der Waals surface area contributed by atoms with Gasteiger partial charge in [-0.1, -0.05) is 0 Å². The van der Waals surface area contributed by atoms with Crippen LogP contribution in [0.15, 0.2) is 12.3 Å². The van der Waals surface area contributed by atoms with Gasteiger partial charge in [0.25, 0.3) is 0 Å². The molecule has 4 nitrogen and oxygen atoms in total. The third-order valence-electron chi connectivity index (χ3n) is 2.11. The van der Waals surface area contributed by atoms with Crippen LogP contribution in [0.4, 0.5) is 5.95 Å². The standard InChI is InChI=1S/C11H20N4/c1-10-6-8-13-11(14-10)12-7-4-5-9-15(2)3/h6,8H,4-5,7,9H2,1-3H3,(H,12,13,14). The minimum Gasteiger partial charge on any atom is -0.354 e. The highest BCUT2D eigenvalue weighted by Crippen LogP contribution is 1.99. The predicted octanol–water partition coefficient (Wildman–Crippen LogP) is 1.54. The summed E-state index contributed by atoms with van der Waals surface area (Å²) in [6.45, 7) is 4.05. The molecule has 0 aliphatic carbocycles. The van der Waals surface area contributed by atoms with Crippen LogP contribution < -0.4 is 5.32 Å². The van der Waals surface area contributed by atoms with E-state index in [0.717, 1.165) is 31.2 Å². The van der Waals surface area contributed by atoms with Crippen LogP contribution in [0.2, 0.25) is 0 Å². The van der Waals surface area contributed by atoms with Gasteiger partial charge in [-0.05, 0) is 46.5 Å². The molecular formula is C11H20N4. The van der Waals surface area contributed by atoms with Gasteiger partial charge >= 0.3 is 0 Å². The van der Waals surface area contributed by atoms with Crippen LogP contribution in [0.3, 0.4) is 0 Å². The molecule has 0 unspecified atom stereocenters.